The second-order valence-electron chi connectivity index (χ2n) is 4.45. The Labute approximate surface area is 116 Å². The number of aryl methyl sites for hydroxylation is 3. The predicted molar refractivity (Wildman–Crippen MR) is 78.1 cm³/mol. The summed E-state index contributed by atoms with van der Waals surface area (Å²) in [5.41, 5.74) is 8.51. The molecule has 100 valence electrons. The predicted octanol–water partition coefficient (Wildman–Crippen LogP) is 2.93. The maximum Gasteiger partial charge on any atom is 0.140 e. The Kier molecular flexibility index (Phi) is 3.85. The van der Waals surface area contributed by atoms with E-state index in [1.165, 1.54) is 11.3 Å². The number of nitrogens with two attached hydrogens (primary N) is 1. The molecule has 2 rings (SSSR count). The highest BCUT2D eigenvalue weighted by molar-refractivity contribution is 7.13. The van der Waals surface area contributed by atoms with Crippen molar-refractivity contribution in [3.8, 4) is 5.75 Å². The van der Waals surface area contributed by atoms with E-state index >= 15 is 0 Å². The summed E-state index contributed by atoms with van der Waals surface area (Å²) in [6.07, 6.45) is 0. The molecule has 3 N–H and O–H groups in total. The maximum atomic E-state index is 7.46. The number of aromatic nitrogens is 1. The molecule has 0 unspecified atom stereocenters. The number of amidine groups is 1. The van der Waals surface area contributed by atoms with E-state index in [-0.39, 0.29) is 5.84 Å². The van der Waals surface area contributed by atoms with E-state index in [1.54, 1.807) is 0 Å². The fraction of sp³-hybridized carbons (Fsp3) is 0.286. The van der Waals surface area contributed by atoms with Crippen LogP contribution in [0.3, 0.4) is 0 Å². The molecule has 1 aromatic heterocycles. The normalized spacial score (nSPS) is 10.5. The van der Waals surface area contributed by atoms with Crippen molar-refractivity contribution in [1.82, 2.24) is 4.98 Å². The monoisotopic (exact) mass is 275 g/mol. The van der Waals surface area contributed by atoms with Crippen LogP contribution in [-0.4, -0.2) is 10.8 Å². The molecule has 0 aliphatic heterocycles. The van der Waals surface area contributed by atoms with E-state index in [4.69, 9.17) is 15.9 Å². The van der Waals surface area contributed by atoms with Crippen LogP contribution in [0.1, 0.15) is 26.7 Å². The van der Waals surface area contributed by atoms with Crippen LogP contribution in [0.2, 0.25) is 0 Å². The summed E-state index contributed by atoms with van der Waals surface area (Å²) < 4.78 is 5.84. The fourth-order valence-electron chi connectivity index (χ4n) is 1.92. The van der Waals surface area contributed by atoms with Crippen molar-refractivity contribution in [3.63, 3.8) is 0 Å². The molecule has 4 nitrogen and oxygen atoms in total. The Bertz CT molecular complexity index is 599. The first kappa shape index (κ1) is 13.5. The van der Waals surface area contributed by atoms with Crippen LogP contribution in [0.15, 0.2) is 18.2 Å². The highest BCUT2D eigenvalue weighted by atomic mass is 32.1. The molecule has 0 amide bonds. The Morgan fingerprint density at radius 2 is 1.95 bits per heavy atom. The van der Waals surface area contributed by atoms with Crippen molar-refractivity contribution in [1.29, 1.82) is 5.41 Å². The molecule has 0 spiro atoms. The summed E-state index contributed by atoms with van der Waals surface area (Å²) >= 11 is 1.41. The molecule has 0 aliphatic carbocycles. The smallest absolute Gasteiger partial charge is 0.140 e. The first-order valence-electron chi connectivity index (χ1n) is 5.98. The third-order valence-corrected chi connectivity index (χ3v) is 4.00. The van der Waals surface area contributed by atoms with E-state index in [9.17, 15) is 0 Å². The molecule has 0 saturated heterocycles. The van der Waals surface area contributed by atoms with Gasteiger partial charge in [-0.15, -0.1) is 11.3 Å². The van der Waals surface area contributed by atoms with Crippen molar-refractivity contribution in [2.24, 2.45) is 5.73 Å². The maximum absolute atomic E-state index is 7.46. The number of hydrogen-bond acceptors (Lipinski definition) is 4. The summed E-state index contributed by atoms with van der Waals surface area (Å²) in [5.74, 6) is 0.966. The van der Waals surface area contributed by atoms with Crippen molar-refractivity contribution in [2.75, 3.05) is 0 Å². The lowest BCUT2D eigenvalue weighted by molar-refractivity contribution is 0.301. The molecule has 0 fully saturated rings. The molecule has 0 saturated carbocycles. The largest absolute Gasteiger partial charge is 0.486 e. The minimum absolute atomic E-state index is 0.0633. The Hall–Kier alpha value is -1.88. The SMILES string of the molecule is Cc1cccc(C)c1OCc1nc(C)c(C(=N)N)s1. The van der Waals surface area contributed by atoms with Crippen LogP contribution in [-0.2, 0) is 6.61 Å². The Morgan fingerprint density at radius 1 is 1.32 bits per heavy atom. The second kappa shape index (κ2) is 5.40. The molecule has 1 heterocycles. The van der Waals surface area contributed by atoms with Crippen LogP contribution in [0.5, 0.6) is 5.75 Å². The highest BCUT2D eigenvalue weighted by Gasteiger charge is 2.11. The van der Waals surface area contributed by atoms with Gasteiger partial charge in [0, 0.05) is 0 Å². The van der Waals surface area contributed by atoms with E-state index in [0.29, 0.717) is 6.61 Å². The number of para-hydroxylation sites is 1. The van der Waals surface area contributed by atoms with Crippen molar-refractivity contribution < 1.29 is 4.74 Å². The van der Waals surface area contributed by atoms with Crippen molar-refractivity contribution >= 4 is 17.2 Å². The van der Waals surface area contributed by atoms with Crippen LogP contribution < -0.4 is 10.5 Å². The first-order chi connectivity index (χ1) is 8.99. The summed E-state index contributed by atoms with van der Waals surface area (Å²) in [4.78, 5) is 5.10. The third-order valence-electron chi connectivity index (χ3n) is 2.83. The number of rotatable bonds is 4. The van der Waals surface area contributed by atoms with Gasteiger partial charge in [0.2, 0.25) is 0 Å². The van der Waals surface area contributed by atoms with Crippen molar-refractivity contribution in [3.05, 3.63) is 44.9 Å². The van der Waals surface area contributed by atoms with Gasteiger partial charge in [-0.1, -0.05) is 18.2 Å². The van der Waals surface area contributed by atoms with Gasteiger partial charge in [0.05, 0.1) is 10.6 Å². The molecule has 19 heavy (non-hydrogen) atoms. The van der Waals surface area contributed by atoms with Crippen LogP contribution >= 0.6 is 11.3 Å². The summed E-state index contributed by atoms with van der Waals surface area (Å²) in [6, 6.07) is 6.06. The number of nitrogens with zero attached hydrogens (tertiary/aromatic N) is 1. The van der Waals surface area contributed by atoms with Gasteiger partial charge in [0.1, 0.15) is 23.2 Å². The molecule has 1 aromatic carbocycles. The van der Waals surface area contributed by atoms with Gasteiger partial charge in [-0.2, -0.15) is 0 Å². The quantitative estimate of drug-likeness (QED) is 0.665. The van der Waals surface area contributed by atoms with Crippen LogP contribution in [0, 0.1) is 26.2 Å². The third kappa shape index (κ3) is 2.93. The van der Waals surface area contributed by atoms with Gasteiger partial charge in [0.25, 0.3) is 0 Å². The fourth-order valence-corrected chi connectivity index (χ4v) is 2.76. The highest BCUT2D eigenvalue weighted by Crippen LogP contribution is 2.25. The summed E-state index contributed by atoms with van der Waals surface area (Å²) in [5, 5.41) is 8.30. The molecule has 0 atom stereocenters. The Morgan fingerprint density at radius 3 is 2.47 bits per heavy atom. The van der Waals surface area contributed by atoms with E-state index in [1.807, 2.05) is 39.0 Å². The number of hydrogen-bond donors (Lipinski definition) is 2. The molecular weight excluding hydrogens is 258 g/mol. The van der Waals surface area contributed by atoms with E-state index in [0.717, 1.165) is 32.5 Å². The zero-order valence-corrected chi connectivity index (χ0v) is 12.1. The topological polar surface area (TPSA) is 72.0 Å². The van der Waals surface area contributed by atoms with E-state index in [2.05, 4.69) is 4.98 Å². The minimum Gasteiger partial charge on any atom is -0.486 e. The molecule has 2 aromatic rings. The lowest BCUT2D eigenvalue weighted by Gasteiger charge is -2.10. The minimum atomic E-state index is 0.0633. The van der Waals surface area contributed by atoms with Gasteiger partial charge in [-0.3, -0.25) is 5.41 Å². The molecule has 5 heteroatoms. The second-order valence-corrected chi connectivity index (χ2v) is 5.53. The van der Waals surface area contributed by atoms with Gasteiger partial charge in [-0.05, 0) is 31.9 Å². The van der Waals surface area contributed by atoms with Crippen LogP contribution in [0.25, 0.3) is 0 Å². The first-order valence-corrected chi connectivity index (χ1v) is 6.80. The number of thiazole rings is 1. The molecular formula is C14H17N3OS. The number of benzene rings is 1. The standard InChI is InChI=1S/C14H17N3OS/c1-8-5-4-6-9(2)12(8)18-7-11-17-10(3)13(19-11)14(15)16/h4-6H,7H2,1-3H3,(H3,15,16). The number of nitrogen functional groups attached to an aromatic ring is 1. The lowest BCUT2D eigenvalue weighted by Crippen LogP contribution is -2.10. The number of nitrogens with one attached hydrogen (secondary N) is 1. The zero-order valence-electron chi connectivity index (χ0n) is 11.3. The summed E-state index contributed by atoms with van der Waals surface area (Å²) in [6.45, 7) is 6.31. The van der Waals surface area contributed by atoms with Gasteiger partial charge in [0.15, 0.2) is 0 Å². The average molecular weight is 275 g/mol. The number of ether oxygens (including phenoxy) is 1. The van der Waals surface area contributed by atoms with Crippen molar-refractivity contribution in [2.45, 2.75) is 27.4 Å². The molecule has 0 aliphatic rings. The Balaban J connectivity index is 2.15. The van der Waals surface area contributed by atoms with E-state index < -0.39 is 0 Å². The lowest BCUT2D eigenvalue weighted by atomic mass is 10.1. The van der Waals surface area contributed by atoms with Gasteiger partial charge < -0.3 is 10.5 Å². The molecule has 0 bridgehead atoms. The average Bonchev–Trinajstić information content (AvgIpc) is 2.70. The van der Waals surface area contributed by atoms with Gasteiger partial charge in [-0.25, -0.2) is 4.98 Å². The van der Waals surface area contributed by atoms with Crippen LogP contribution in [0.4, 0.5) is 0 Å². The molecule has 0 radical (unpaired) electrons. The van der Waals surface area contributed by atoms with Gasteiger partial charge >= 0.3 is 0 Å². The zero-order chi connectivity index (χ0) is 14.0. The summed E-state index contributed by atoms with van der Waals surface area (Å²) in [7, 11) is 0.